The molecule has 0 radical (unpaired) electrons. The lowest BCUT2D eigenvalue weighted by atomic mass is 9.78. The molecule has 2 N–H and O–H groups in total. The molecule has 0 saturated carbocycles. The standard InChI is InChI=1S/C26H30N4O2/c1-18(2)28-25(32)26(13-14-30(17-26)24(31)23-16-27-29-19(23)3)15-21-11-7-8-12-22(21)20-9-5-4-6-10-20/h4-12,16,18H,13-15,17H2,1-3H3,(H,27,29)(H,28,32). The number of H-pyrrole nitrogens is 1. The Balaban J connectivity index is 1.67. The van der Waals surface area contributed by atoms with Crippen molar-refractivity contribution in [1.82, 2.24) is 20.4 Å². The average Bonchev–Trinajstić information content (AvgIpc) is 3.41. The second-order valence-electron chi connectivity index (χ2n) is 8.99. The van der Waals surface area contributed by atoms with Gasteiger partial charge in [-0.2, -0.15) is 5.10 Å². The molecule has 1 atom stereocenters. The lowest BCUT2D eigenvalue weighted by molar-refractivity contribution is -0.130. The van der Waals surface area contributed by atoms with Crippen LogP contribution in [-0.2, 0) is 11.2 Å². The highest BCUT2D eigenvalue weighted by molar-refractivity contribution is 5.96. The Morgan fingerprint density at radius 1 is 1.12 bits per heavy atom. The summed E-state index contributed by atoms with van der Waals surface area (Å²) < 4.78 is 0. The van der Waals surface area contributed by atoms with Crippen LogP contribution in [0.2, 0.25) is 0 Å². The fraction of sp³-hybridized carbons (Fsp3) is 0.346. The highest BCUT2D eigenvalue weighted by Crippen LogP contribution is 2.38. The minimum atomic E-state index is -0.678. The number of aromatic amines is 1. The van der Waals surface area contributed by atoms with Crippen LogP contribution in [-0.4, -0.2) is 46.0 Å². The number of hydrogen-bond donors (Lipinski definition) is 2. The number of amides is 2. The van der Waals surface area contributed by atoms with Gasteiger partial charge in [-0.25, -0.2) is 0 Å². The van der Waals surface area contributed by atoms with E-state index in [1.807, 2.05) is 51.1 Å². The topological polar surface area (TPSA) is 78.1 Å². The summed E-state index contributed by atoms with van der Waals surface area (Å²) in [6, 6.07) is 18.5. The van der Waals surface area contributed by atoms with E-state index in [0.717, 1.165) is 22.4 Å². The summed E-state index contributed by atoms with van der Waals surface area (Å²) in [7, 11) is 0. The molecule has 32 heavy (non-hydrogen) atoms. The van der Waals surface area contributed by atoms with Crippen molar-refractivity contribution in [3.8, 4) is 11.1 Å². The van der Waals surface area contributed by atoms with Crippen LogP contribution in [0.1, 0.15) is 41.9 Å². The molecule has 6 heteroatoms. The quantitative estimate of drug-likeness (QED) is 0.621. The van der Waals surface area contributed by atoms with Gasteiger partial charge in [0.15, 0.2) is 0 Å². The molecule has 2 amide bonds. The first-order chi connectivity index (χ1) is 15.4. The normalized spacial score (nSPS) is 18.2. The van der Waals surface area contributed by atoms with Gasteiger partial charge in [0.05, 0.1) is 17.2 Å². The Morgan fingerprint density at radius 3 is 2.53 bits per heavy atom. The van der Waals surface area contributed by atoms with Gasteiger partial charge in [-0.15, -0.1) is 0 Å². The molecule has 3 aromatic rings. The molecule has 1 unspecified atom stereocenters. The van der Waals surface area contributed by atoms with Crippen LogP contribution in [0, 0.1) is 12.3 Å². The summed E-state index contributed by atoms with van der Waals surface area (Å²) in [4.78, 5) is 28.4. The van der Waals surface area contributed by atoms with Crippen molar-refractivity contribution in [3.05, 3.63) is 77.6 Å². The number of rotatable bonds is 6. The predicted molar refractivity (Wildman–Crippen MR) is 125 cm³/mol. The number of aryl methyl sites for hydroxylation is 1. The average molecular weight is 431 g/mol. The molecule has 0 aliphatic carbocycles. The zero-order chi connectivity index (χ0) is 22.7. The molecule has 0 bridgehead atoms. The molecule has 1 aromatic heterocycles. The molecule has 1 aliphatic heterocycles. The Bertz CT molecular complexity index is 1110. The van der Waals surface area contributed by atoms with E-state index in [2.05, 4.69) is 39.8 Å². The maximum Gasteiger partial charge on any atom is 0.257 e. The van der Waals surface area contributed by atoms with Gasteiger partial charge >= 0.3 is 0 Å². The Morgan fingerprint density at radius 2 is 1.84 bits per heavy atom. The lowest BCUT2D eigenvalue weighted by Gasteiger charge is -2.30. The summed E-state index contributed by atoms with van der Waals surface area (Å²) >= 11 is 0. The number of likely N-dealkylation sites (tertiary alicyclic amines) is 1. The zero-order valence-electron chi connectivity index (χ0n) is 18.9. The lowest BCUT2D eigenvalue weighted by Crippen LogP contribution is -2.47. The van der Waals surface area contributed by atoms with Gasteiger partial charge in [0.25, 0.3) is 5.91 Å². The first kappa shape index (κ1) is 21.8. The number of hydrogen-bond acceptors (Lipinski definition) is 3. The summed E-state index contributed by atoms with van der Waals surface area (Å²) in [5.41, 5.74) is 4.00. The van der Waals surface area contributed by atoms with Crippen LogP contribution in [0.4, 0.5) is 0 Å². The van der Waals surface area contributed by atoms with E-state index >= 15 is 0 Å². The fourth-order valence-electron chi connectivity index (χ4n) is 4.55. The second-order valence-corrected chi connectivity index (χ2v) is 8.99. The third-order valence-electron chi connectivity index (χ3n) is 6.23. The van der Waals surface area contributed by atoms with Crippen molar-refractivity contribution in [2.24, 2.45) is 5.41 Å². The summed E-state index contributed by atoms with van der Waals surface area (Å²) in [6.45, 7) is 6.71. The van der Waals surface area contributed by atoms with E-state index in [9.17, 15) is 9.59 Å². The van der Waals surface area contributed by atoms with Crippen LogP contribution < -0.4 is 5.32 Å². The number of carbonyl (C=O) groups is 2. The molecule has 1 saturated heterocycles. The third kappa shape index (κ3) is 4.31. The van der Waals surface area contributed by atoms with Gasteiger partial charge in [0.2, 0.25) is 5.91 Å². The Kier molecular flexibility index (Phi) is 6.12. The third-order valence-corrected chi connectivity index (χ3v) is 6.23. The molecule has 2 heterocycles. The first-order valence-electron chi connectivity index (χ1n) is 11.1. The van der Waals surface area contributed by atoms with E-state index in [4.69, 9.17) is 0 Å². The van der Waals surface area contributed by atoms with Crippen molar-refractivity contribution in [2.75, 3.05) is 13.1 Å². The van der Waals surface area contributed by atoms with E-state index < -0.39 is 5.41 Å². The summed E-state index contributed by atoms with van der Waals surface area (Å²) in [5.74, 6) is -0.0682. The van der Waals surface area contributed by atoms with Crippen molar-refractivity contribution in [3.63, 3.8) is 0 Å². The highest BCUT2D eigenvalue weighted by atomic mass is 16.2. The largest absolute Gasteiger partial charge is 0.353 e. The van der Waals surface area contributed by atoms with E-state index in [1.54, 1.807) is 11.1 Å². The van der Waals surface area contributed by atoms with Gasteiger partial charge in [-0.1, -0.05) is 54.6 Å². The predicted octanol–water partition coefficient (Wildman–Crippen LogP) is 3.98. The summed E-state index contributed by atoms with van der Waals surface area (Å²) in [5, 5.41) is 9.93. The minimum Gasteiger partial charge on any atom is -0.353 e. The molecule has 0 spiro atoms. The van der Waals surface area contributed by atoms with Crippen LogP contribution >= 0.6 is 0 Å². The molecule has 166 valence electrons. The van der Waals surface area contributed by atoms with Gasteiger partial charge < -0.3 is 10.2 Å². The van der Waals surface area contributed by atoms with E-state index in [0.29, 0.717) is 31.5 Å². The van der Waals surface area contributed by atoms with E-state index in [1.165, 1.54) is 0 Å². The van der Waals surface area contributed by atoms with Gasteiger partial charge in [0.1, 0.15) is 0 Å². The molecule has 1 aliphatic rings. The Labute approximate surface area is 189 Å². The van der Waals surface area contributed by atoms with Crippen molar-refractivity contribution < 1.29 is 9.59 Å². The van der Waals surface area contributed by atoms with Gasteiger partial charge in [-0.05, 0) is 50.3 Å². The fourth-order valence-corrected chi connectivity index (χ4v) is 4.55. The summed E-state index contributed by atoms with van der Waals surface area (Å²) in [6.07, 6.45) is 2.76. The second kappa shape index (κ2) is 8.99. The number of aromatic nitrogens is 2. The maximum absolute atomic E-state index is 13.5. The van der Waals surface area contributed by atoms with Crippen molar-refractivity contribution in [1.29, 1.82) is 0 Å². The highest BCUT2D eigenvalue weighted by Gasteiger charge is 2.46. The molecular weight excluding hydrogens is 400 g/mol. The number of benzene rings is 2. The van der Waals surface area contributed by atoms with Gasteiger partial charge in [0, 0.05) is 24.8 Å². The van der Waals surface area contributed by atoms with Gasteiger partial charge in [-0.3, -0.25) is 14.7 Å². The minimum absolute atomic E-state index is 0.00887. The first-order valence-corrected chi connectivity index (χ1v) is 11.1. The molecule has 2 aromatic carbocycles. The Hall–Kier alpha value is -3.41. The molecule has 4 rings (SSSR count). The van der Waals surface area contributed by atoms with Crippen LogP contribution in [0.3, 0.4) is 0 Å². The zero-order valence-corrected chi connectivity index (χ0v) is 18.9. The van der Waals surface area contributed by atoms with E-state index in [-0.39, 0.29) is 17.9 Å². The van der Waals surface area contributed by atoms with Crippen LogP contribution in [0.25, 0.3) is 11.1 Å². The van der Waals surface area contributed by atoms with Crippen molar-refractivity contribution in [2.45, 2.75) is 39.7 Å². The number of nitrogens with one attached hydrogen (secondary N) is 2. The molecule has 6 nitrogen and oxygen atoms in total. The van der Waals surface area contributed by atoms with Crippen LogP contribution in [0.5, 0.6) is 0 Å². The van der Waals surface area contributed by atoms with Crippen molar-refractivity contribution >= 4 is 11.8 Å². The number of carbonyl (C=O) groups excluding carboxylic acids is 2. The maximum atomic E-state index is 13.5. The molecule has 1 fully saturated rings. The number of nitrogens with zero attached hydrogens (tertiary/aromatic N) is 2. The van der Waals surface area contributed by atoms with Crippen LogP contribution in [0.15, 0.2) is 60.8 Å². The monoisotopic (exact) mass is 430 g/mol. The molecular formula is C26H30N4O2. The smallest absolute Gasteiger partial charge is 0.257 e. The SMILES string of the molecule is Cc1[nH]ncc1C(=O)N1CCC(Cc2ccccc2-c2ccccc2)(C(=O)NC(C)C)C1.